The van der Waals surface area contributed by atoms with E-state index in [0.717, 1.165) is 16.4 Å². The number of likely N-dealkylation sites (N-methyl/N-ethyl adjacent to an activating group) is 1. The summed E-state index contributed by atoms with van der Waals surface area (Å²) in [4.78, 5) is 24.5. The molecule has 0 unspecified atom stereocenters. The maximum atomic E-state index is 12.1. The summed E-state index contributed by atoms with van der Waals surface area (Å²) in [7, 11) is 0. The molecule has 1 aromatic rings. The van der Waals surface area contributed by atoms with E-state index in [0.29, 0.717) is 13.1 Å². The molecule has 21 heavy (non-hydrogen) atoms. The Morgan fingerprint density at radius 3 is 2.29 bits per heavy atom. The molecule has 0 aromatic heterocycles. The quantitative estimate of drug-likeness (QED) is 0.456. The Hall–Kier alpha value is 0.310. The molecular weight excluding hydrogens is 613 g/mol. The first kappa shape index (κ1) is 19.4. The molecule has 0 aliphatic heterocycles. The molecule has 8 heteroatoms. The van der Waals surface area contributed by atoms with Gasteiger partial charge in [0.1, 0.15) is 0 Å². The summed E-state index contributed by atoms with van der Waals surface area (Å²) >= 11 is 6.63. The van der Waals surface area contributed by atoms with Gasteiger partial charge in [-0.2, -0.15) is 0 Å². The fourth-order valence-electron chi connectivity index (χ4n) is 1.65. The van der Waals surface area contributed by atoms with Gasteiger partial charge in [0.25, 0.3) is 0 Å². The van der Waals surface area contributed by atoms with E-state index >= 15 is 0 Å². The number of carbonyl (C=O) groups excluding carboxylic acids is 1. The number of anilines is 1. The predicted molar refractivity (Wildman–Crippen MR) is 108 cm³/mol. The lowest BCUT2D eigenvalue weighted by molar-refractivity contribution is -0.137. The van der Waals surface area contributed by atoms with Crippen molar-refractivity contribution in [3.63, 3.8) is 0 Å². The molecule has 0 aliphatic carbocycles. The lowest BCUT2D eigenvalue weighted by Gasteiger charge is -2.19. The number of aliphatic carboxylic acids is 1. The topological polar surface area (TPSA) is 69.6 Å². The lowest BCUT2D eigenvalue weighted by atomic mass is 10.3. The third kappa shape index (κ3) is 6.95. The van der Waals surface area contributed by atoms with Crippen LogP contribution in [0.15, 0.2) is 12.1 Å². The van der Waals surface area contributed by atoms with Gasteiger partial charge in [0, 0.05) is 17.3 Å². The van der Waals surface area contributed by atoms with Crippen LogP contribution in [-0.2, 0) is 9.59 Å². The highest BCUT2D eigenvalue weighted by atomic mass is 127. The van der Waals surface area contributed by atoms with Gasteiger partial charge in [-0.25, -0.2) is 0 Å². The zero-order chi connectivity index (χ0) is 16.0. The molecule has 0 radical (unpaired) electrons. The number of amides is 1. The summed E-state index contributed by atoms with van der Waals surface area (Å²) in [6.45, 7) is 3.12. The van der Waals surface area contributed by atoms with Crippen molar-refractivity contribution in [2.75, 3.05) is 25.0 Å². The lowest BCUT2D eigenvalue weighted by Crippen LogP contribution is -2.35. The minimum Gasteiger partial charge on any atom is -0.481 e. The monoisotopic (exact) mass is 628 g/mol. The number of nitrogens with one attached hydrogen (secondary N) is 1. The van der Waals surface area contributed by atoms with Crippen LogP contribution in [0, 0.1) is 10.7 Å². The zero-order valence-electron chi connectivity index (χ0n) is 11.3. The molecule has 1 amide bonds. The van der Waals surface area contributed by atoms with Crippen molar-refractivity contribution in [2.24, 2.45) is 0 Å². The van der Waals surface area contributed by atoms with Crippen LogP contribution in [0.4, 0.5) is 5.69 Å². The maximum Gasteiger partial charge on any atom is 0.304 e. The summed E-state index contributed by atoms with van der Waals surface area (Å²) in [5, 5.41) is 11.6. The van der Waals surface area contributed by atoms with Crippen LogP contribution >= 0.6 is 67.8 Å². The van der Waals surface area contributed by atoms with E-state index in [1.54, 1.807) is 0 Å². The van der Waals surface area contributed by atoms with Gasteiger partial charge in [-0.15, -0.1) is 0 Å². The van der Waals surface area contributed by atoms with Gasteiger partial charge in [0.15, 0.2) is 0 Å². The fourth-order valence-corrected chi connectivity index (χ4v) is 5.50. The summed E-state index contributed by atoms with van der Waals surface area (Å²) in [5.41, 5.74) is 0.816. The molecule has 5 nitrogen and oxygen atoms in total. The highest BCUT2D eigenvalue weighted by Gasteiger charge is 2.14. The molecule has 0 spiro atoms. The molecule has 0 heterocycles. The smallest absolute Gasteiger partial charge is 0.304 e. The van der Waals surface area contributed by atoms with E-state index in [4.69, 9.17) is 5.11 Å². The van der Waals surface area contributed by atoms with Crippen LogP contribution in [0.2, 0.25) is 0 Å². The van der Waals surface area contributed by atoms with Crippen molar-refractivity contribution in [1.82, 2.24) is 4.90 Å². The molecule has 1 rings (SSSR count). The summed E-state index contributed by atoms with van der Waals surface area (Å²) in [5.74, 6) is -0.977. The highest BCUT2D eigenvalue weighted by molar-refractivity contribution is 14.1. The van der Waals surface area contributed by atoms with Gasteiger partial charge in [-0.05, 0) is 86.5 Å². The van der Waals surface area contributed by atoms with Crippen LogP contribution in [0.25, 0.3) is 0 Å². The van der Waals surface area contributed by atoms with E-state index in [1.807, 2.05) is 24.0 Å². The van der Waals surface area contributed by atoms with Crippen LogP contribution in [0.5, 0.6) is 0 Å². The van der Waals surface area contributed by atoms with Crippen molar-refractivity contribution >= 4 is 85.3 Å². The maximum absolute atomic E-state index is 12.1. The molecule has 0 saturated heterocycles. The van der Waals surface area contributed by atoms with E-state index in [2.05, 4.69) is 73.1 Å². The van der Waals surface area contributed by atoms with Gasteiger partial charge in [-0.1, -0.05) is 6.92 Å². The molecular formula is C13H15I3N2O3. The number of nitrogens with zero attached hydrogens (tertiary/aromatic N) is 1. The van der Waals surface area contributed by atoms with E-state index in [9.17, 15) is 9.59 Å². The second kappa shape index (κ2) is 9.45. The molecule has 0 aliphatic rings. The van der Waals surface area contributed by atoms with Gasteiger partial charge in [0.2, 0.25) is 5.91 Å². The van der Waals surface area contributed by atoms with Crippen LogP contribution in [0.1, 0.15) is 13.3 Å². The van der Waals surface area contributed by atoms with Crippen LogP contribution < -0.4 is 5.32 Å². The van der Waals surface area contributed by atoms with Crippen molar-refractivity contribution < 1.29 is 14.7 Å². The number of hydrogen-bond acceptors (Lipinski definition) is 3. The number of hydrogen-bond donors (Lipinski definition) is 2. The molecule has 0 fully saturated rings. The second-order valence-electron chi connectivity index (χ2n) is 4.31. The minimum absolute atomic E-state index is 0.0414. The molecule has 116 valence electrons. The van der Waals surface area contributed by atoms with Gasteiger partial charge in [-0.3, -0.25) is 14.5 Å². The molecule has 1 aromatic carbocycles. The molecule has 2 N–H and O–H groups in total. The van der Waals surface area contributed by atoms with Crippen LogP contribution in [-0.4, -0.2) is 41.5 Å². The second-order valence-corrected chi connectivity index (χ2v) is 7.88. The number of halogens is 3. The number of carbonyl (C=O) groups is 2. The highest BCUT2D eigenvalue weighted by Crippen LogP contribution is 2.27. The predicted octanol–water partition coefficient (Wildman–Crippen LogP) is 3.24. The Labute approximate surface area is 164 Å². The van der Waals surface area contributed by atoms with Crippen molar-refractivity contribution in [1.29, 1.82) is 0 Å². The first-order chi connectivity index (χ1) is 9.83. The Kier molecular flexibility index (Phi) is 8.71. The van der Waals surface area contributed by atoms with E-state index in [1.165, 1.54) is 0 Å². The van der Waals surface area contributed by atoms with Gasteiger partial charge < -0.3 is 10.4 Å². The number of carboxylic acids is 1. The SMILES string of the molecule is CCN(CCC(=O)O)CC(=O)Nc1c(I)cc(I)cc1I. The fraction of sp³-hybridized carbons (Fsp3) is 0.385. The zero-order valence-corrected chi connectivity index (χ0v) is 17.8. The van der Waals surface area contributed by atoms with Crippen molar-refractivity contribution in [3.8, 4) is 0 Å². The largest absolute Gasteiger partial charge is 0.481 e. The normalized spacial score (nSPS) is 10.7. The van der Waals surface area contributed by atoms with E-state index in [-0.39, 0.29) is 18.9 Å². The number of rotatable bonds is 7. The summed E-state index contributed by atoms with van der Waals surface area (Å²) in [6, 6.07) is 4.00. The van der Waals surface area contributed by atoms with Crippen molar-refractivity contribution in [3.05, 3.63) is 22.8 Å². The number of carboxylic acid groups (broad SMARTS) is 1. The average molecular weight is 628 g/mol. The Morgan fingerprint density at radius 1 is 1.24 bits per heavy atom. The third-order valence-electron chi connectivity index (χ3n) is 2.73. The Morgan fingerprint density at radius 2 is 1.81 bits per heavy atom. The Bertz CT molecular complexity index is 514. The average Bonchev–Trinajstić information content (AvgIpc) is 2.38. The third-order valence-corrected chi connectivity index (χ3v) is 5.05. The summed E-state index contributed by atoms with van der Waals surface area (Å²) in [6.07, 6.45) is 0.0414. The first-order valence-electron chi connectivity index (χ1n) is 6.22. The van der Waals surface area contributed by atoms with Gasteiger partial charge in [0.05, 0.1) is 18.7 Å². The molecule has 0 bridgehead atoms. The standard InChI is InChI=1S/C13H15I3N2O3/c1-2-18(4-3-12(20)21)7-11(19)17-13-9(15)5-8(14)6-10(13)16/h5-6H,2-4,7H2,1H3,(H,17,19)(H,20,21). The van der Waals surface area contributed by atoms with Crippen LogP contribution in [0.3, 0.4) is 0 Å². The van der Waals surface area contributed by atoms with E-state index < -0.39 is 5.97 Å². The Balaban J connectivity index is 2.66. The summed E-state index contributed by atoms with van der Waals surface area (Å²) < 4.78 is 3.10. The molecule has 0 atom stereocenters. The minimum atomic E-state index is -0.851. The first-order valence-corrected chi connectivity index (χ1v) is 9.45. The van der Waals surface area contributed by atoms with Crippen molar-refractivity contribution in [2.45, 2.75) is 13.3 Å². The molecule has 0 saturated carbocycles. The number of benzene rings is 1. The van der Waals surface area contributed by atoms with Gasteiger partial charge >= 0.3 is 5.97 Å².